The second-order valence-electron chi connectivity index (χ2n) is 3.80. The first-order valence-electron chi connectivity index (χ1n) is 5.23. The Balaban J connectivity index is 2.43. The van der Waals surface area contributed by atoms with Gasteiger partial charge in [-0.1, -0.05) is 11.6 Å². The van der Waals surface area contributed by atoms with Crippen LogP contribution >= 0.6 is 27.5 Å². The lowest BCUT2D eigenvalue weighted by Gasteiger charge is -2.14. The fraction of sp³-hybridized carbons (Fsp3) is 0.0833. The number of anilines is 1. The molecule has 0 saturated carbocycles. The lowest BCUT2D eigenvalue weighted by Crippen LogP contribution is -2.08. The van der Waals surface area contributed by atoms with E-state index in [2.05, 4.69) is 20.9 Å². The Morgan fingerprint density at radius 1 is 1.25 bits per heavy atom. The van der Waals surface area contributed by atoms with E-state index >= 15 is 0 Å². The highest BCUT2D eigenvalue weighted by Crippen LogP contribution is 2.40. The Morgan fingerprint density at radius 2 is 1.95 bits per heavy atom. The van der Waals surface area contributed by atoms with E-state index in [9.17, 15) is 13.2 Å². The van der Waals surface area contributed by atoms with Crippen LogP contribution in [-0.2, 0) is 6.18 Å². The second kappa shape index (κ2) is 5.49. The first-order chi connectivity index (χ1) is 9.27. The zero-order valence-corrected chi connectivity index (χ0v) is 12.1. The van der Waals surface area contributed by atoms with E-state index in [1.165, 1.54) is 18.3 Å². The summed E-state index contributed by atoms with van der Waals surface area (Å²) in [4.78, 5) is 3.82. The van der Waals surface area contributed by atoms with Gasteiger partial charge in [-0.2, -0.15) is 13.2 Å². The van der Waals surface area contributed by atoms with E-state index in [4.69, 9.17) is 22.1 Å². The third kappa shape index (κ3) is 3.34. The van der Waals surface area contributed by atoms with Crippen LogP contribution in [0.15, 0.2) is 34.9 Å². The summed E-state index contributed by atoms with van der Waals surface area (Å²) < 4.78 is 44.2. The lowest BCUT2D eigenvalue weighted by molar-refractivity contribution is -0.138. The Morgan fingerprint density at radius 3 is 2.55 bits per heavy atom. The van der Waals surface area contributed by atoms with Crippen LogP contribution in [0.5, 0.6) is 11.6 Å². The normalized spacial score (nSPS) is 11.4. The van der Waals surface area contributed by atoms with Crippen molar-refractivity contribution in [1.29, 1.82) is 0 Å². The van der Waals surface area contributed by atoms with Gasteiger partial charge in [0, 0.05) is 11.9 Å². The molecule has 2 N–H and O–H groups in total. The predicted octanol–water partition coefficient (Wildman–Crippen LogP) is 4.89. The van der Waals surface area contributed by atoms with Crippen LogP contribution in [0.25, 0.3) is 0 Å². The molecule has 3 nitrogen and oxygen atoms in total. The molecule has 0 spiro atoms. The van der Waals surface area contributed by atoms with Crippen molar-refractivity contribution in [2.45, 2.75) is 6.18 Å². The third-order valence-corrected chi connectivity index (χ3v) is 3.06. The van der Waals surface area contributed by atoms with Crippen LogP contribution in [0.4, 0.5) is 18.9 Å². The highest BCUT2D eigenvalue weighted by molar-refractivity contribution is 9.10. The minimum atomic E-state index is -4.58. The van der Waals surface area contributed by atoms with Gasteiger partial charge in [0.25, 0.3) is 0 Å². The molecule has 0 saturated heterocycles. The third-order valence-electron chi connectivity index (χ3n) is 2.29. The molecule has 2 aromatic rings. The molecule has 2 rings (SSSR count). The van der Waals surface area contributed by atoms with Crippen molar-refractivity contribution in [2.75, 3.05) is 5.73 Å². The maximum Gasteiger partial charge on any atom is 0.420 e. The van der Waals surface area contributed by atoms with Gasteiger partial charge in [0.05, 0.1) is 9.50 Å². The number of rotatable bonds is 2. The van der Waals surface area contributed by atoms with Crippen molar-refractivity contribution in [3.05, 3.63) is 45.5 Å². The van der Waals surface area contributed by atoms with Gasteiger partial charge in [-0.25, -0.2) is 4.98 Å². The van der Waals surface area contributed by atoms with Gasteiger partial charge in [-0.3, -0.25) is 0 Å². The van der Waals surface area contributed by atoms with Gasteiger partial charge >= 0.3 is 6.18 Å². The zero-order chi connectivity index (χ0) is 14.9. The van der Waals surface area contributed by atoms with Crippen molar-refractivity contribution < 1.29 is 17.9 Å². The highest BCUT2D eigenvalue weighted by Gasteiger charge is 2.35. The molecular formula is C12H7BrClF3N2O. The van der Waals surface area contributed by atoms with E-state index < -0.39 is 11.7 Å². The Bertz CT molecular complexity index is 649. The van der Waals surface area contributed by atoms with Crippen molar-refractivity contribution in [1.82, 2.24) is 4.98 Å². The standard InChI is InChI=1S/C12H7BrClF3N2O/c13-9-3-6(14)5-19-11(9)20-10-2-1-7(18)4-8(10)12(15,16)17/h1-5H,18H2. The predicted molar refractivity (Wildman–Crippen MR) is 72.9 cm³/mol. The summed E-state index contributed by atoms with van der Waals surface area (Å²) in [5.74, 6) is -0.410. The fourth-order valence-corrected chi connectivity index (χ4v) is 2.16. The number of alkyl halides is 3. The molecule has 0 aliphatic heterocycles. The minimum Gasteiger partial charge on any atom is -0.437 e. The van der Waals surface area contributed by atoms with Gasteiger partial charge in [-0.15, -0.1) is 0 Å². The lowest BCUT2D eigenvalue weighted by atomic mass is 10.1. The van der Waals surface area contributed by atoms with Gasteiger partial charge in [0.1, 0.15) is 11.3 Å². The van der Waals surface area contributed by atoms with Crippen LogP contribution in [0, 0.1) is 0 Å². The van der Waals surface area contributed by atoms with E-state index in [1.54, 1.807) is 0 Å². The molecule has 1 aromatic carbocycles. The quantitative estimate of drug-likeness (QED) is 0.769. The number of nitrogens with two attached hydrogens (primary N) is 1. The largest absolute Gasteiger partial charge is 0.437 e. The Hall–Kier alpha value is -1.47. The number of hydrogen-bond acceptors (Lipinski definition) is 3. The van der Waals surface area contributed by atoms with Crippen molar-refractivity contribution in [3.63, 3.8) is 0 Å². The van der Waals surface area contributed by atoms with E-state index in [0.29, 0.717) is 9.50 Å². The average molecular weight is 368 g/mol. The molecule has 0 bridgehead atoms. The molecule has 1 aromatic heterocycles. The molecule has 20 heavy (non-hydrogen) atoms. The number of pyridine rings is 1. The van der Waals surface area contributed by atoms with E-state index in [0.717, 1.165) is 12.1 Å². The number of benzene rings is 1. The highest BCUT2D eigenvalue weighted by atomic mass is 79.9. The van der Waals surface area contributed by atoms with Crippen molar-refractivity contribution in [3.8, 4) is 11.6 Å². The topological polar surface area (TPSA) is 48.1 Å². The van der Waals surface area contributed by atoms with Gasteiger partial charge < -0.3 is 10.5 Å². The zero-order valence-electron chi connectivity index (χ0n) is 9.71. The molecule has 0 unspecified atom stereocenters. The van der Waals surface area contributed by atoms with Crippen LogP contribution in [-0.4, -0.2) is 4.98 Å². The SMILES string of the molecule is Nc1ccc(Oc2ncc(Cl)cc2Br)c(C(F)(F)F)c1. The van der Waals surface area contributed by atoms with Gasteiger partial charge in [-0.05, 0) is 40.2 Å². The van der Waals surface area contributed by atoms with Crippen molar-refractivity contribution in [2.24, 2.45) is 0 Å². The number of nitrogens with zero attached hydrogens (tertiary/aromatic N) is 1. The summed E-state index contributed by atoms with van der Waals surface area (Å²) in [6, 6.07) is 4.73. The monoisotopic (exact) mass is 366 g/mol. The number of aromatic nitrogens is 1. The number of halogens is 5. The molecule has 0 atom stereocenters. The molecule has 0 aliphatic carbocycles. The molecule has 0 amide bonds. The van der Waals surface area contributed by atoms with Crippen LogP contribution in [0.2, 0.25) is 5.02 Å². The Labute approximate surface area is 125 Å². The maximum atomic E-state index is 12.9. The molecule has 106 valence electrons. The number of hydrogen-bond donors (Lipinski definition) is 1. The van der Waals surface area contributed by atoms with Crippen LogP contribution in [0.3, 0.4) is 0 Å². The van der Waals surface area contributed by atoms with E-state index in [1.807, 2.05) is 0 Å². The number of nitrogen functional groups attached to an aromatic ring is 1. The van der Waals surface area contributed by atoms with Crippen LogP contribution < -0.4 is 10.5 Å². The summed E-state index contributed by atoms with van der Waals surface area (Å²) in [7, 11) is 0. The maximum absolute atomic E-state index is 12.9. The second-order valence-corrected chi connectivity index (χ2v) is 5.09. The molecule has 1 heterocycles. The summed E-state index contributed by atoms with van der Waals surface area (Å²) in [5.41, 5.74) is 4.39. The van der Waals surface area contributed by atoms with Gasteiger partial charge in [0.2, 0.25) is 5.88 Å². The van der Waals surface area contributed by atoms with Crippen molar-refractivity contribution >= 4 is 33.2 Å². The molecule has 8 heteroatoms. The smallest absolute Gasteiger partial charge is 0.420 e. The summed E-state index contributed by atoms with van der Waals surface area (Å²) in [6.07, 6.45) is -3.31. The summed E-state index contributed by atoms with van der Waals surface area (Å²) in [6.45, 7) is 0. The fourth-order valence-electron chi connectivity index (χ4n) is 1.44. The first kappa shape index (κ1) is 14.9. The Kier molecular flexibility index (Phi) is 4.10. The molecule has 0 aliphatic rings. The van der Waals surface area contributed by atoms with Gasteiger partial charge in [0.15, 0.2) is 0 Å². The molecular weight excluding hydrogens is 360 g/mol. The molecule has 0 radical (unpaired) electrons. The summed E-state index contributed by atoms with van der Waals surface area (Å²) in [5, 5.41) is 0.331. The minimum absolute atomic E-state index is 0.00666. The average Bonchev–Trinajstić information content (AvgIpc) is 2.33. The molecule has 0 fully saturated rings. The number of ether oxygens (including phenoxy) is 1. The van der Waals surface area contributed by atoms with E-state index in [-0.39, 0.29) is 17.3 Å². The van der Waals surface area contributed by atoms with Crippen LogP contribution in [0.1, 0.15) is 5.56 Å². The summed E-state index contributed by atoms with van der Waals surface area (Å²) >= 11 is 8.82. The first-order valence-corrected chi connectivity index (χ1v) is 6.40.